The van der Waals surface area contributed by atoms with E-state index in [0.717, 1.165) is 20.4 Å². The van der Waals surface area contributed by atoms with Crippen LogP contribution in [0.3, 0.4) is 0 Å². The molecule has 0 aromatic heterocycles. The number of thioether (sulfide) groups is 1. The molecule has 1 aliphatic heterocycles. The Morgan fingerprint density at radius 3 is 2.52 bits per heavy atom. The third-order valence-electron chi connectivity index (χ3n) is 4.83. The number of likely N-dealkylation sites (N-methyl/N-ethyl adjacent to an activating group) is 1. The fourth-order valence-electron chi connectivity index (χ4n) is 3.05. The highest BCUT2D eigenvalue weighted by atomic mass is 127. The van der Waals surface area contributed by atoms with Gasteiger partial charge in [-0.2, -0.15) is 0 Å². The summed E-state index contributed by atoms with van der Waals surface area (Å²) in [6.07, 6.45) is 1.84. The summed E-state index contributed by atoms with van der Waals surface area (Å²) >= 11 is 3.51. The predicted molar refractivity (Wildman–Crippen MR) is 139 cm³/mol. The van der Waals surface area contributed by atoms with E-state index in [9.17, 15) is 9.59 Å². The maximum Gasteiger partial charge on any atom is 0.335 e. The summed E-state index contributed by atoms with van der Waals surface area (Å²) in [6.45, 7) is 0.490. The fourth-order valence-corrected chi connectivity index (χ4v) is 4.73. The molecule has 4 rings (SSSR count). The molecule has 1 aliphatic rings. The highest BCUT2D eigenvalue weighted by Crippen LogP contribution is 2.34. The van der Waals surface area contributed by atoms with Crippen LogP contribution < -0.4 is 4.74 Å². The Morgan fingerprint density at radius 2 is 1.85 bits per heavy atom. The second-order valence-corrected chi connectivity index (χ2v) is 9.36. The number of carbonyl (C=O) groups is 2. The number of rotatable bonds is 6. The lowest BCUT2D eigenvalue weighted by molar-refractivity contribution is -0.121. The Morgan fingerprint density at radius 1 is 1.12 bits per heavy atom. The zero-order valence-corrected chi connectivity index (χ0v) is 20.5. The Labute approximate surface area is 209 Å². The number of carboxylic acids is 1. The van der Waals surface area contributed by atoms with E-state index in [0.29, 0.717) is 22.4 Å². The van der Waals surface area contributed by atoms with Crippen LogP contribution in [0.2, 0.25) is 0 Å². The highest BCUT2D eigenvalue weighted by Gasteiger charge is 2.30. The third-order valence-corrected chi connectivity index (χ3v) is 6.74. The Balaban J connectivity index is 1.48. The molecule has 0 unspecified atom stereocenters. The van der Waals surface area contributed by atoms with Gasteiger partial charge in [0.2, 0.25) is 0 Å². The molecule has 1 fully saturated rings. The lowest BCUT2D eigenvalue weighted by Crippen LogP contribution is -2.23. The average Bonchev–Trinajstić information content (AvgIpc) is 3.07. The van der Waals surface area contributed by atoms with Gasteiger partial charge in [-0.3, -0.25) is 9.69 Å². The molecule has 8 heteroatoms. The normalized spacial score (nSPS) is 15.9. The Hall–Kier alpha value is -3.11. The summed E-state index contributed by atoms with van der Waals surface area (Å²) in [5.41, 5.74) is 2.76. The van der Waals surface area contributed by atoms with Crippen LogP contribution in [0.4, 0.5) is 5.69 Å². The first-order chi connectivity index (χ1) is 15.9. The van der Waals surface area contributed by atoms with Gasteiger partial charge in [-0.15, -0.1) is 0 Å². The second-order valence-electron chi connectivity index (χ2n) is 7.19. The van der Waals surface area contributed by atoms with E-state index in [1.807, 2.05) is 54.6 Å². The summed E-state index contributed by atoms with van der Waals surface area (Å²) in [6, 6.07) is 22.0. The minimum atomic E-state index is -0.993. The van der Waals surface area contributed by atoms with E-state index in [2.05, 4.69) is 27.6 Å². The number of ether oxygens (including phenoxy) is 1. The van der Waals surface area contributed by atoms with E-state index < -0.39 is 5.97 Å². The minimum absolute atomic E-state index is 0.139. The van der Waals surface area contributed by atoms with Crippen LogP contribution in [-0.2, 0) is 11.4 Å². The van der Waals surface area contributed by atoms with Crippen molar-refractivity contribution in [1.82, 2.24) is 4.90 Å². The van der Waals surface area contributed by atoms with Crippen molar-refractivity contribution in [3.63, 3.8) is 0 Å². The van der Waals surface area contributed by atoms with E-state index in [4.69, 9.17) is 9.84 Å². The van der Waals surface area contributed by atoms with Crippen LogP contribution in [0.5, 0.6) is 5.75 Å². The standard InChI is InChI=1S/C25H19IN2O4S/c1-28-23(29)22(33-25(28)27-19-10-8-18(9-11-19)24(30)31)14-17-7-12-21(20(26)13-17)32-15-16-5-3-2-4-6-16/h2-14H,15H2,1H3,(H,30,31)/b22-14-,27-25?. The molecule has 166 valence electrons. The van der Waals surface area contributed by atoms with Crippen LogP contribution >= 0.6 is 34.4 Å². The van der Waals surface area contributed by atoms with E-state index >= 15 is 0 Å². The fraction of sp³-hybridized carbons (Fsp3) is 0.0800. The molecule has 1 amide bonds. The number of benzene rings is 3. The van der Waals surface area contributed by atoms with Gasteiger partial charge in [0.25, 0.3) is 5.91 Å². The molecule has 0 atom stereocenters. The van der Waals surface area contributed by atoms with Crippen LogP contribution in [-0.4, -0.2) is 34.1 Å². The number of hydrogen-bond donors (Lipinski definition) is 1. The molecule has 6 nitrogen and oxygen atoms in total. The number of halogens is 1. The van der Waals surface area contributed by atoms with Crippen molar-refractivity contribution in [1.29, 1.82) is 0 Å². The van der Waals surface area contributed by atoms with Gasteiger partial charge in [0.15, 0.2) is 5.17 Å². The smallest absolute Gasteiger partial charge is 0.335 e. The van der Waals surface area contributed by atoms with Gasteiger partial charge < -0.3 is 9.84 Å². The highest BCUT2D eigenvalue weighted by molar-refractivity contribution is 14.1. The van der Waals surface area contributed by atoms with E-state index in [1.165, 1.54) is 28.8 Å². The summed E-state index contributed by atoms with van der Waals surface area (Å²) < 4.78 is 6.88. The maximum atomic E-state index is 12.7. The van der Waals surface area contributed by atoms with Gasteiger partial charge in [0.1, 0.15) is 12.4 Å². The van der Waals surface area contributed by atoms with Crippen molar-refractivity contribution in [3.8, 4) is 5.75 Å². The monoisotopic (exact) mass is 570 g/mol. The zero-order chi connectivity index (χ0) is 23.4. The number of carboxylic acid groups (broad SMARTS) is 1. The number of hydrogen-bond acceptors (Lipinski definition) is 5. The Kier molecular flexibility index (Phi) is 7.14. The SMILES string of the molecule is CN1C(=O)/C(=C/c2ccc(OCc3ccccc3)c(I)c2)SC1=Nc1ccc(C(=O)O)cc1. The topological polar surface area (TPSA) is 79.2 Å². The maximum absolute atomic E-state index is 12.7. The van der Waals surface area contributed by atoms with Crippen molar-refractivity contribution >= 4 is 63.2 Å². The van der Waals surface area contributed by atoms with Crippen molar-refractivity contribution < 1.29 is 19.4 Å². The summed E-state index contributed by atoms with van der Waals surface area (Å²) in [4.78, 5) is 30.3. The average molecular weight is 570 g/mol. The summed E-state index contributed by atoms with van der Waals surface area (Å²) in [5, 5.41) is 9.56. The molecule has 0 spiro atoms. The minimum Gasteiger partial charge on any atom is -0.488 e. The lowest BCUT2D eigenvalue weighted by atomic mass is 10.2. The second kappa shape index (κ2) is 10.2. The molecule has 1 heterocycles. The third kappa shape index (κ3) is 5.63. The molecule has 3 aromatic rings. The summed E-state index contributed by atoms with van der Waals surface area (Å²) in [5.74, 6) is -0.343. The number of amides is 1. The van der Waals surface area contributed by atoms with Crippen LogP contribution in [0, 0.1) is 3.57 Å². The molecule has 0 bridgehead atoms. The lowest BCUT2D eigenvalue weighted by Gasteiger charge is -2.09. The quantitative estimate of drug-likeness (QED) is 0.299. The number of carbonyl (C=O) groups excluding carboxylic acids is 1. The van der Waals surface area contributed by atoms with Gasteiger partial charge in [-0.1, -0.05) is 36.4 Å². The van der Waals surface area contributed by atoms with Gasteiger partial charge in [0, 0.05) is 7.05 Å². The van der Waals surface area contributed by atoms with Gasteiger partial charge in [0.05, 0.1) is 19.7 Å². The van der Waals surface area contributed by atoms with E-state index in [1.54, 1.807) is 19.2 Å². The number of aromatic carboxylic acids is 1. The van der Waals surface area contributed by atoms with Crippen molar-refractivity contribution in [2.24, 2.45) is 4.99 Å². The van der Waals surface area contributed by atoms with Crippen molar-refractivity contribution in [2.45, 2.75) is 6.61 Å². The van der Waals surface area contributed by atoms with Gasteiger partial charge in [-0.25, -0.2) is 9.79 Å². The largest absolute Gasteiger partial charge is 0.488 e. The van der Waals surface area contributed by atoms with Gasteiger partial charge in [-0.05, 0) is 88.0 Å². The van der Waals surface area contributed by atoms with Crippen molar-refractivity contribution in [2.75, 3.05) is 7.05 Å². The van der Waals surface area contributed by atoms with Crippen LogP contribution in [0.1, 0.15) is 21.5 Å². The number of amidine groups is 1. The number of aliphatic imine (C=N–C) groups is 1. The predicted octanol–water partition coefficient (Wildman–Crippen LogP) is 5.80. The van der Waals surface area contributed by atoms with Crippen LogP contribution in [0.25, 0.3) is 6.08 Å². The van der Waals surface area contributed by atoms with Crippen LogP contribution in [0.15, 0.2) is 82.7 Å². The zero-order valence-electron chi connectivity index (χ0n) is 17.6. The molecule has 3 aromatic carbocycles. The molecule has 33 heavy (non-hydrogen) atoms. The van der Waals surface area contributed by atoms with Crippen molar-refractivity contribution in [3.05, 3.63) is 98.0 Å². The molecule has 1 saturated heterocycles. The van der Waals surface area contributed by atoms with E-state index in [-0.39, 0.29) is 11.5 Å². The number of nitrogens with zero attached hydrogens (tertiary/aromatic N) is 2. The summed E-state index contributed by atoms with van der Waals surface area (Å²) in [7, 11) is 1.67. The molecular weight excluding hydrogens is 551 g/mol. The molecule has 0 aliphatic carbocycles. The molecule has 0 saturated carbocycles. The van der Waals surface area contributed by atoms with Gasteiger partial charge >= 0.3 is 5.97 Å². The first kappa shape index (κ1) is 23.1. The Bertz CT molecular complexity index is 1260. The molecule has 0 radical (unpaired) electrons. The molecule has 1 N–H and O–H groups in total. The first-order valence-electron chi connectivity index (χ1n) is 9.96. The molecular formula is C25H19IN2O4S. The first-order valence-corrected chi connectivity index (χ1v) is 11.9.